The summed E-state index contributed by atoms with van der Waals surface area (Å²) in [6.45, 7) is 7.47. The molecular weight excluding hydrogens is 264 g/mol. The Bertz CT molecular complexity index is 407. The van der Waals surface area contributed by atoms with Crippen LogP contribution in [0.25, 0.3) is 0 Å². The fourth-order valence-electron chi connectivity index (χ4n) is 2.30. The van der Waals surface area contributed by atoms with Crippen LogP contribution in [-0.2, 0) is 6.54 Å². The van der Waals surface area contributed by atoms with Gasteiger partial charge in [-0.2, -0.15) is 0 Å². The molecule has 0 radical (unpaired) electrons. The molecule has 2 rings (SSSR count). The summed E-state index contributed by atoms with van der Waals surface area (Å²) in [7, 11) is 3.36. The second-order valence-corrected chi connectivity index (χ2v) is 4.66. The molecule has 19 heavy (non-hydrogen) atoms. The van der Waals surface area contributed by atoms with E-state index < -0.39 is 0 Å². The van der Waals surface area contributed by atoms with Gasteiger partial charge in [0.25, 0.3) is 0 Å². The monoisotopic (exact) mass is 286 g/mol. The predicted octanol–water partition coefficient (Wildman–Crippen LogP) is 1.84. The molecule has 0 atom stereocenters. The Labute approximate surface area is 121 Å². The van der Waals surface area contributed by atoms with Crippen molar-refractivity contribution in [3.05, 3.63) is 23.3 Å². The zero-order chi connectivity index (χ0) is 13.0. The summed E-state index contributed by atoms with van der Waals surface area (Å²) in [6.07, 6.45) is 0. The summed E-state index contributed by atoms with van der Waals surface area (Å²) in [5, 5.41) is 3.37. The van der Waals surface area contributed by atoms with E-state index in [4.69, 9.17) is 9.47 Å². The number of rotatable bonds is 4. The van der Waals surface area contributed by atoms with Gasteiger partial charge in [-0.25, -0.2) is 0 Å². The fourth-order valence-corrected chi connectivity index (χ4v) is 2.30. The maximum Gasteiger partial charge on any atom is 0.161 e. The Hall–Kier alpha value is -0.970. The fraction of sp³-hybridized carbons (Fsp3) is 0.571. The Balaban J connectivity index is 0.00000180. The first-order valence-corrected chi connectivity index (χ1v) is 6.39. The highest BCUT2D eigenvalue weighted by molar-refractivity contribution is 5.85. The van der Waals surface area contributed by atoms with E-state index in [2.05, 4.69) is 29.3 Å². The lowest BCUT2D eigenvalue weighted by atomic mass is 10.1. The van der Waals surface area contributed by atoms with Crippen LogP contribution in [0.1, 0.15) is 11.1 Å². The second-order valence-electron chi connectivity index (χ2n) is 4.66. The quantitative estimate of drug-likeness (QED) is 0.916. The van der Waals surface area contributed by atoms with Gasteiger partial charge in [-0.3, -0.25) is 4.90 Å². The summed E-state index contributed by atoms with van der Waals surface area (Å²) in [4.78, 5) is 2.46. The molecule has 0 saturated carbocycles. The van der Waals surface area contributed by atoms with Gasteiger partial charge in [0, 0.05) is 32.7 Å². The molecule has 0 aromatic heterocycles. The summed E-state index contributed by atoms with van der Waals surface area (Å²) in [5.74, 6) is 1.62. The molecule has 0 spiro atoms. The number of hydrogen-bond donors (Lipinski definition) is 1. The van der Waals surface area contributed by atoms with Crippen LogP contribution in [0.2, 0.25) is 0 Å². The van der Waals surface area contributed by atoms with Gasteiger partial charge in [0.2, 0.25) is 0 Å². The molecule has 1 aliphatic rings. The van der Waals surface area contributed by atoms with Crippen LogP contribution in [-0.4, -0.2) is 45.3 Å². The number of ether oxygens (including phenoxy) is 2. The Morgan fingerprint density at radius 1 is 1.11 bits per heavy atom. The van der Waals surface area contributed by atoms with E-state index in [0.717, 1.165) is 44.2 Å². The molecule has 108 valence electrons. The zero-order valence-corrected chi connectivity index (χ0v) is 12.7. The van der Waals surface area contributed by atoms with Crippen molar-refractivity contribution < 1.29 is 9.47 Å². The molecular formula is C14H23ClN2O2. The molecule has 1 fully saturated rings. The summed E-state index contributed by atoms with van der Waals surface area (Å²) < 4.78 is 10.7. The maximum absolute atomic E-state index is 5.37. The first-order valence-electron chi connectivity index (χ1n) is 6.39. The van der Waals surface area contributed by atoms with Gasteiger partial charge in [0.15, 0.2) is 11.5 Å². The number of piperazine rings is 1. The van der Waals surface area contributed by atoms with Crippen LogP contribution in [0.15, 0.2) is 12.1 Å². The zero-order valence-electron chi connectivity index (χ0n) is 11.9. The molecule has 1 heterocycles. The molecule has 0 aliphatic carbocycles. The van der Waals surface area contributed by atoms with Gasteiger partial charge >= 0.3 is 0 Å². The van der Waals surface area contributed by atoms with Crippen molar-refractivity contribution >= 4 is 12.4 Å². The van der Waals surface area contributed by atoms with E-state index in [9.17, 15) is 0 Å². The van der Waals surface area contributed by atoms with Crippen LogP contribution in [0, 0.1) is 6.92 Å². The van der Waals surface area contributed by atoms with Crippen molar-refractivity contribution in [3.63, 3.8) is 0 Å². The topological polar surface area (TPSA) is 33.7 Å². The van der Waals surface area contributed by atoms with Crippen molar-refractivity contribution in [1.82, 2.24) is 10.2 Å². The standard InChI is InChI=1S/C14H22N2O2.ClH/c1-11-8-13(17-2)14(18-3)9-12(11)10-16-6-4-15-5-7-16;/h8-9,15H,4-7,10H2,1-3H3;1H. The maximum atomic E-state index is 5.37. The number of halogens is 1. The number of nitrogens with one attached hydrogen (secondary N) is 1. The highest BCUT2D eigenvalue weighted by Gasteiger charge is 2.13. The van der Waals surface area contributed by atoms with Crippen LogP contribution >= 0.6 is 12.4 Å². The minimum Gasteiger partial charge on any atom is -0.493 e. The van der Waals surface area contributed by atoms with Crippen molar-refractivity contribution in [3.8, 4) is 11.5 Å². The average Bonchev–Trinajstić information content (AvgIpc) is 2.41. The molecule has 1 aromatic rings. The van der Waals surface area contributed by atoms with E-state index >= 15 is 0 Å². The lowest BCUT2D eigenvalue weighted by Gasteiger charge is -2.28. The molecule has 1 aromatic carbocycles. The van der Waals surface area contributed by atoms with Crippen LogP contribution in [0.3, 0.4) is 0 Å². The summed E-state index contributed by atoms with van der Waals surface area (Å²) in [5.41, 5.74) is 2.57. The third-order valence-corrected chi connectivity index (χ3v) is 3.45. The molecule has 1 aliphatic heterocycles. The van der Waals surface area contributed by atoms with Crippen molar-refractivity contribution in [2.24, 2.45) is 0 Å². The van der Waals surface area contributed by atoms with Crippen molar-refractivity contribution in [1.29, 1.82) is 0 Å². The number of hydrogen-bond acceptors (Lipinski definition) is 4. The minimum absolute atomic E-state index is 0. The van der Waals surface area contributed by atoms with Crippen molar-refractivity contribution in [2.45, 2.75) is 13.5 Å². The van der Waals surface area contributed by atoms with E-state index in [1.165, 1.54) is 11.1 Å². The van der Waals surface area contributed by atoms with Crippen molar-refractivity contribution in [2.75, 3.05) is 40.4 Å². The molecule has 1 saturated heterocycles. The van der Waals surface area contributed by atoms with E-state index in [-0.39, 0.29) is 12.4 Å². The lowest BCUT2D eigenvalue weighted by Crippen LogP contribution is -2.43. The average molecular weight is 287 g/mol. The van der Waals surface area contributed by atoms with Gasteiger partial charge in [0.05, 0.1) is 14.2 Å². The Morgan fingerprint density at radius 2 is 1.68 bits per heavy atom. The summed E-state index contributed by atoms with van der Waals surface area (Å²) >= 11 is 0. The van der Waals surface area contributed by atoms with E-state index in [0.29, 0.717) is 0 Å². The number of methoxy groups -OCH3 is 2. The first kappa shape index (κ1) is 16.1. The van der Waals surface area contributed by atoms with Crippen LogP contribution < -0.4 is 14.8 Å². The van der Waals surface area contributed by atoms with E-state index in [1.807, 2.05) is 0 Å². The number of aryl methyl sites for hydroxylation is 1. The second kappa shape index (κ2) is 7.58. The van der Waals surface area contributed by atoms with Gasteiger partial charge in [-0.05, 0) is 30.2 Å². The van der Waals surface area contributed by atoms with Gasteiger partial charge < -0.3 is 14.8 Å². The number of nitrogens with zero attached hydrogens (tertiary/aromatic N) is 1. The minimum atomic E-state index is 0. The normalized spacial score (nSPS) is 15.7. The lowest BCUT2D eigenvalue weighted by molar-refractivity contribution is 0.232. The number of benzene rings is 1. The molecule has 5 heteroatoms. The summed E-state index contributed by atoms with van der Waals surface area (Å²) in [6, 6.07) is 4.15. The third kappa shape index (κ3) is 4.00. The molecule has 0 bridgehead atoms. The Morgan fingerprint density at radius 3 is 2.26 bits per heavy atom. The molecule has 0 amide bonds. The first-order chi connectivity index (χ1) is 8.74. The van der Waals surface area contributed by atoms with Gasteiger partial charge in [0.1, 0.15) is 0 Å². The van der Waals surface area contributed by atoms with E-state index in [1.54, 1.807) is 14.2 Å². The Kier molecular flexibility index (Phi) is 6.42. The molecule has 0 unspecified atom stereocenters. The highest BCUT2D eigenvalue weighted by atomic mass is 35.5. The van der Waals surface area contributed by atoms with Crippen LogP contribution in [0.5, 0.6) is 11.5 Å². The third-order valence-electron chi connectivity index (χ3n) is 3.45. The largest absolute Gasteiger partial charge is 0.493 e. The smallest absolute Gasteiger partial charge is 0.161 e. The van der Waals surface area contributed by atoms with Crippen LogP contribution in [0.4, 0.5) is 0 Å². The van der Waals surface area contributed by atoms with Gasteiger partial charge in [-0.1, -0.05) is 0 Å². The van der Waals surface area contributed by atoms with Gasteiger partial charge in [-0.15, -0.1) is 12.4 Å². The highest BCUT2D eigenvalue weighted by Crippen LogP contribution is 2.30. The molecule has 4 nitrogen and oxygen atoms in total. The molecule has 1 N–H and O–H groups in total. The predicted molar refractivity (Wildman–Crippen MR) is 79.7 cm³/mol. The SMILES string of the molecule is COc1cc(C)c(CN2CCNCC2)cc1OC.Cl.